The first kappa shape index (κ1) is 14.8. The molecule has 3 rings (SSSR count). The first-order valence-corrected chi connectivity index (χ1v) is 7.23. The topological polar surface area (TPSA) is 99.6 Å². The van der Waals surface area contributed by atoms with Crippen molar-refractivity contribution >= 4 is 16.9 Å². The van der Waals surface area contributed by atoms with Crippen molar-refractivity contribution in [2.24, 2.45) is 5.73 Å². The summed E-state index contributed by atoms with van der Waals surface area (Å²) >= 11 is 0. The minimum atomic E-state index is -0.981. The molecule has 3 N–H and O–H groups in total. The quantitative estimate of drug-likeness (QED) is 0.847. The first-order valence-electron chi connectivity index (χ1n) is 7.23. The normalized spacial score (nSPS) is 18.7. The molecule has 118 valence electrons. The summed E-state index contributed by atoms with van der Waals surface area (Å²) < 4.78 is 13.0. The summed E-state index contributed by atoms with van der Waals surface area (Å²) in [6, 6.07) is 3.88. The van der Waals surface area contributed by atoms with Crippen LogP contribution in [0.15, 0.2) is 18.3 Å². The number of benzene rings is 1. The van der Waals surface area contributed by atoms with Gasteiger partial charge in [0, 0.05) is 23.4 Å². The summed E-state index contributed by atoms with van der Waals surface area (Å²) in [4.78, 5) is 10.6. The molecule has 22 heavy (non-hydrogen) atoms. The predicted molar refractivity (Wildman–Crippen MR) is 80.0 cm³/mol. The molecule has 0 saturated heterocycles. The number of fused-ring (bicyclic) bond motifs is 3. The third kappa shape index (κ3) is 2.90. The third-order valence-corrected chi connectivity index (χ3v) is 3.63. The van der Waals surface area contributed by atoms with Gasteiger partial charge in [-0.3, -0.25) is 4.68 Å². The van der Waals surface area contributed by atoms with E-state index in [1.54, 1.807) is 6.20 Å². The number of nitrogens with zero attached hydrogens (tertiary/aromatic N) is 2. The lowest BCUT2D eigenvalue weighted by Gasteiger charge is -2.26. The minimum absolute atomic E-state index is 0.0116. The molecule has 1 aromatic heterocycles. The highest BCUT2D eigenvalue weighted by molar-refractivity contribution is 5.84. The summed E-state index contributed by atoms with van der Waals surface area (Å²) in [7, 11) is 0. The van der Waals surface area contributed by atoms with Crippen LogP contribution in [0.3, 0.4) is 0 Å². The van der Waals surface area contributed by atoms with E-state index in [0.29, 0.717) is 19.6 Å². The second-order valence-electron chi connectivity index (χ2n) is 5.63. The van der Waals surface area contributed by atoms with Crippen molar-refractivity contribution in [1.29, 1.82) is 0 Å². The van der Waals surface area contributed by atoms with E-state index < -0.39 is 5.97 Å². The molecule has 7 nitrogen and oxygen atoms in total. The van der Waals surface area contributed by atoms with Gasteiger partial charge >= 0.3 is 5.97 Å². The summed E-state index contributed by atoms with van der Waals surface area (Å²) in [5, 5.41) is 14.1. The van der Waals surface area contributed by atoms with Crippen molar-refractivity contribution in [3.8, 4) is 5.75 Å². The van der Waals surface area contributed by atoms with Crippen molar-refractivity contribution in [3.63, 3.8) is 0 Å². The number of ether oxygens (including phenoxy) is 2. The Morgan fingerprint density at radius 2 is 2.45 bits per heavy atom. The van der Waals surface area contributed by atoms with E-state index in [0.717, 1.165) is 22.2 Å². The number of rotatable bonds is 5. The number of aliphatic carboxylic acids is 1. The standard InChI is InChI=1S/C15H19N3O4/c1-9(16)6-18-15-10(5-17-18)2-3-13-12(15)4-11(7-22-13)21-8-14(19)20/h2-3,5,9,11H,4,6-8,16H2,1H3,(H,19,20). The van der Waals surface area contributed by atoms with Crippen molar-refractivity contribution in [3.05, 3.63) is 23.9 Å². The second kappa shape index (κ2) is 5.94. The van der Waals surface area contributed by atoms with Crippen molar-refractivity contribution < 1.29 is 19.4 Å². The molecule has 0 saturated carbocycles. The lowest BCUT2D eigenvalue weighted by molar-refractivity contribution is -0.145. The van der Waals surface area contributed by atoms with E-state index in [2.05, 4.69) is 5.10 Å². The summed E-state index contributed by atoms with van der Waals surface area (Å²) in [5.74, 6) is -0.180. The molecule has 7 heteroatoms. The highest BCUT2D eigenvalue weighted by atomic mass is 16.5. The maximum Gasteiger partial charge on any atom is 0.329 e. The molecule has 1 aliphatic heterocycles. The van der Waals surface area contributed by atoms with Gasteiger partial charge in [-0.15, -0.1) is 0 Å². The van der Waals surface area contributed by atoms with Crippen LogP contribution in [0.25, 0.3) is 10.9 Å². The Hall–Kier alpha value is -2.12. The van der Waals surface area contributed by atoms with Crippen LogP contribution in [-0.4, -0.2) is 46.2 Å². The van der Waals surface area contributed by atoms with E-state index in [-0.39, 0.29) is 18.8 Å². The van der Waals surface area contributed by atoms with Gasteiger partial charge in [0.1, 0.15) is 19.0 Å². The lowest BCUT2D eigenvalue weighted by Crippen LogP contribution is -2.31. The van der Waals surface area contributed by atoms with E-state index in [1.165, 1.54) is 0 Å². The van der Waals surface area contributed by atoms with Gasteiger partial charge in [-0.05, 0) is 19.1 Å². The molecule has 2 atom stereocenters. The van der Waals surface area contributed by atoms with Crippen LogP contribution in [0.2, 0.25) is 0 Å². The molecule has 1 aliphatic rings. The zero-order valence-corrected chi connectivity index (χ0v) is 12.4. The summed E-state index contributed by atoms with van der Waals surface area (Å²) in [6.45, 7) is 2.57. The summed E-state index contributed by atoms with van der Waals surface area (Å²) in [5.41, 5.74) is 7.86. The number of carboxylic acids is 1. The van der Waals surface area contributed by atoms with Crippen LogP contribution in [0, 0.1) is 0 Å². The predicted octanol–water partition coefficient (Wildman–Crippen LogP) is 0.788. The van der Waals surface area contributed by atoms with Gasteiger partial charge in [-0.2, -0.15) is 5.10 Å². The zero-order chi connectivity index (χ0) is 15.7. The smallest absolute Gasteiger partial charge is 0.329 e. The van der Waals surface area contributed by atoms with Gasteiger partial charge in [0.05, 0.1) is 24.4 Å². The molecule has 0 radical (unpaired) electrons. The molecule has 2 aromatic rings. The van der Waals surface area contributed by atoms with Crippen molar-refractivity contribution in [2.45, 2.75) is 32.0 Å². The summed E-state index contributed by atoms with van der Waals surface area (Å²) in [6.07, 6.45) is 2.14. The van der Waals surface area contributed by atoms with E-state index >= 15 is 0 Å². The Labute approximate surface area is 127 Å². The molecule has 0 spiro atoms. The molecule has 0 bridgehead atoms. The number of aromatic nitrogens is 2. The Morgan fingerprint density at radius 1 is 1.64 bits per heavy atom. The van der Waals surface area contributed by atoms with Crippen LogP contribution in [0.5, 0.6) is 5.75 Å². The van der Waals surface area contributed by atoms with E-state index in [4.69, 9.17) is 20.3 Å². The molecular weight excluding hydrogens is 286 g/mol. The minimum Gasteiger partial charge on any atom is -0.491 e. The van der Waals surface area contributed by atoms with Crippen LogP contribution < -0.4 is 10.5 Å². The van der Waals surface area contributed by atoms with Crippen molar-refractivity contribution in [2.75, 3.05) is 13.2 Å². The van der Waals surface area contributed by atoms with E-state index in [1.807, 2.05) is 23.7 Å². The van der Waals surface area contributed by atoms with Crippen LogP contribution in [0.1, 0.15) is 12.5 Å². The molecule has 2 heterocycles. The third-order valence-electron chi connectivity index (χ3n) is 3.63. The second-order valence-corrected chi connectivity index (χ2v) is 5.63. The highest BCUT2D eigenvalue weighted by Crippen LogP contribution is 2.32. The van der Waals surface area contributed by atoms with Crippen LogP contribution in [-0.2, 0) is 22.5 Å². The highest BCUT2D eigenvalue weighted by Gasteiger charge is 2.25. The van der Waals surface area contributed by atoms with Crippen LogP contribution >= 0.6 is 0 Å². The molecule has 0 amide bonds. The monoisotopic (exact) mass is 305 g/mol. The molecule has 1 aromatic carbocycles. The fourth-order valence-electron chi connectivity index (χ4n) is 2.74. The average molecular weight is 305 g/mol. The van der Waals surface area contributed by atoms with Crippen LogP contribution in [0.4, 0.5) is 0 Å². The number of hydrogen-bond acceptors (Lipinski definition) is 5. The zero-order valence-electron chi connectivity index (χ0n) is 12.4. The molecular formula is C15H19N3O4. The van der Waals surface area contributed by atoms with Gasteiger partial charge in [-0.25, -0.2) is 4.79 Å². The van der Waals surface area contributed by atoms with Gasteiger partial charge in [0.25, 0.3) is 0 Å². The lowest BCUT2D eigenvalue weighted by atomic mass is 10.0. The fourth-order valence-corrected chi connectivity index (χ4v) is 2.74. The maximum absolute atomic E-state index is 10.6. The number of carboxylic acid groups (broad SMARTS) is 1. The number of carbonyl (C=O) groups is 1. The van der Waals surface area contributed by atoms with Gasteiger partial charge in [0.2, 0.25) is 0 Å². The molecule has 0 fully saturated rings. The van der Waals surface area contributed by atoms with E-state index in [9.17, 15) is 4.79 Å². The SMILES string of the molecule is CC(N)Cn1ncc2ccc3c(c21)CC(OCC(=O)O)CO3. The number of hydrogen-bond donors (Lipinski definition) is 2. The Kier molecular flexibility index (Phi) is 4.00. The maximum atomic E-state index is 10.6. The van der Waals surface area contributed by atoms with Gasteiger partial charge in [0.15, 0.2) is 0 Å². The largest absolute Gasteiger partial charge is 0.491 e. The van der Waals surface area contributed by atoms with Gasteiger partial charge in [-0.1, -0.05) is 0 Å². The fraction of sp³-hybridized carbons (Fsp3) is 0.467. The number of nitrogens with two attached hydrogens (primary N) is 1. The molecule has 2 unspecified atom stereocenters. The Morgan fingerprint density at radius 3 is 3.18 bits per heavy atom. The average Bonchev–Trinajstić information content (AvgIpc) is 2.87. The van der Waals surface area contributed by atoms with Crippen molar-refractivity contribution in [1.82, 2.24) is 9.78 Å². The van der Waals surface area contributed by atoms with Gasteiger partial charge < -0.3 is 20.3 Å². The Balaban J connectivity index is 1.93. The molecule has 0 aliphatic carbocycles. The Bertz CT molecular complexity index is 695. The first-order chi connectivity index (χ1) is 10.5.